The Morgan fingerprint density at radius 2 is 1.43 bits per heavy atom. The molecule has 6 rings (SSSR count). The summed E-state index contributed by atoms with van der Waals surface area (Å²) in [6, 6.07) is 31.8. The zero-order valence-corrected chi connectivity index (χ0v) is 25.2. The highest BCUT2D eigenvalue weighted by molar-refractivity contribution is 7.99. The van der Waals surface area contributed by atoms with E-state index in [9.17, 15) is 4.79 Å². The number of nitrogens with zero attached hydrogens (tertiary/aromatic N) is 4. The fraction of sp³-hybridized carbons (Fsp3) is 0.118. The molecule has 0 saturated carbocycles. The number of amides is 1. The largest absolute Gasteiger partial charge is 0.493 e. The van der Waals surface area contributed by atoms with Gasteiger partial charge in [0.25, 0.3) is 5.91 Å². The van der Waals surface area contributed by atoms with E-state index >= 15 is 0 Å². The number of hydrogen-bond acceptors (Lipinski definition) is 8. The van der Waals surface area contributed by atoms with Crippen LogP contribution in [0.2, 0.25) is 0 Å². The van der Waals surface area contributed by atoms with Crippen molar-refractivity contribution in [1.29, 1.82) is 0 Å². The first-order valence-corrected chi connectivity index (χ1v) is 14.8. The summed E-state index contributed by atoms with van der Waals surface area (Å²) in [5, 5.41) is 18.1. The third-order valence-electron chi connectivity index (χ3n) is 7.10. The van der Waals surface area contributed by atoms with Gasteiger partial charge in [0, 0.05) is 16.8 Å². The molecule has 1 N–H and O–H groups in total. The maximum absolute atomic E-state index is 12.9. The Kier molecular flexibility index (Phi) is 8.42. The Morgan fingerprint density at radius 3 is 2.05 bits per heavy atom. The van der Waals surface area contributed by atoms with Crippen LogP contribution in [-0.4, -0.2) is 54.0 Å². The van der Waals surface area contributed by atoms with Crippen LogP contribution in [0.3, 0.4) is 0 Å². The molecule has 0 aliphatic carbocycles. The second-order valence-electron chi connectivity index (χ2n) is 9.71. The van der Waals surface area contributed by atoms with Gasteiger partial charge in [0.1, 0.15) is 0 Å². The predicted octanol–water partition coefficient (Wildman–Crippen LogP) is 6.51. The average molecular weight is 604 g/mol. The molecule has 6 aromatic rings. The molecule has 9 nitrogen and oxygen atoms in total. The van der Waals surface area contributed by atoms with E-state index in [1.54, 1.807) is 27.5 Å². The van der Waals surface area contributed by atoms with Crippen molar-refractivity contribution in [1.82, 2.24) is 20.2 Å². The van der Waals surface area contributed by atoms with Gasteiger partial charge in [-0.2, -0.15) is 5.10 Å². The van der Waals surface area contributed by atoms with Crippen molar-refractivity contribution in [3.63, 3.8) is 0 Å². The molecule has 44 heavy (non-hydrogen) atoms. The molecular weight excluding hydrogens is 574 g/mol. The monoisotopic (exact) mass is 603 g/mol. The molecule has 1 amide bonds. The van der Waals surface area contributed by atoms with Crippen LogP contribution in [0.25, 0.3) is 38.6 Å². The highest BCUT2D eigenvalue weighted by Crippen LogP contribution is 2.41. The SMILES string of the molecule is COc1cc(-c2nnc(SCC(=O)N/N=C\c3c4ccccc4cc4ccccc34)n2-c2ccccc2)cc(OC)c1OC. The minimum atomic E-state index is -0.271. The van der Waals surface area contributed by atoms with Gasteiger partial charge in [-0.25, -0.2) is 5.43 Å². The average Bonchev–Trinajstić information content (AvgIpc) is 3.50. The van der Waals surface area contributed by atoms with Crippen molar-refractivity contribution in [2.75, 3.05) is 27.1 Å². The normalized spacial score (nSPS) is 11.2. The number of hydrogen-bond donors (Lipinski definition) is 1. The van der Waals surface area contributed by atoms with E-state index in [4.69, 9.17) is 14.2 Å². The molecule has 0 spiro atoms. The van der Waals surface area contributed by atoms with Crippen molar-refractivity contribution in [3.05, 3.63) is 103 Å². The van der Waals surface area contributed by atoms with Crippen LogP contribution in [0, 0.1) is 0 Å². The zero-order chi connectivity index (χ0) is 30.5. The van der Waals surface area contributed by atoms with E-state index < -0.39 is 0 Å². The first kappa shape index (κ1) is 28.8. The summed E-state index contributed by atoms with van der Waals surface area (Å²) in [5.74, 6) is 1.83. The number of carbonyl (C=O) groups is 1. The van der Waals surface area contributed by atoms with Gasteiger partial charge < -0.3 is 14.2 Å². The van der Waals surface area contributed by atoms with Crippen LogP contribution in [0.4, 0.5) is 0 Å². The van der Waals surface area contributed by atoms with Gasteiger partial charge in [-0.3, -0.25) is 9.36 Å². The van der Waals surface area contributed by atoms with Gasteiger partial charge in [-0.05, 0) is 51.9 Å². The quantitative estimate of drug-likeness (QED) is 0.0825. The predicted molar refractivity (Wildman–Crippen MR) is 174 cm³/mol. The Bertz CT molecular complexity index is 1910. The van der Waals surface area contributed by atoms with Gasteiger partial charge in [-0.15, -0.1) is 10.2 Å². The van der Waals surface area contributed by atoms with Crippen molar-refractivity contribution in [2.45, 2.75) is 5.16 Å². The smallest absolute Gasteiger partial charge is 0.250 e. The number of carbonyl (C=O) groups excluding carboxylic acids is 1. The molecule has 220 valence electrons. The number of ether oxygens (including phenoxy) is 3. The minimum absolute atomic E-state index is 0.0772. The number of benzene rings is 5. The molecule has 0 atom stereocenters. The number of rotatable bonds is 10. The molecule has 5 aromatic carbocycles. The number of methoxy groups -OCH3 is 3. The van der Waals surface area contributed by atoms with Crippen LogP contribution in [0.15, 0.2) is 107 Å². The van der Waals surface area contributed by atoms with E-state index in [-0.39, 0.29) is 11.7 Å². The lowest BCUT2D eigenvalue weighted by atomic mass is 9.97. The van der Waals surface area contributed by atoms with Gasteiger partial charge in [0.15, 0.2) is 22.5 Å². The van der Waals surface area contributed by atoms with E-state index in [1.807, 2.05) is 71.3 Å². The van der Waals surface area contributed by atoms with Crippen LogP contribution in [-0.2, 0) is 4.79 Å². The fourth-order valence-corrected chi connectivity index (χ4v) is 5.83. The summed E-state index contributed by atoms with van der Waals surface area (Å²) in [7, 11) is 4.68. The van der Waals surface area contributed by atoms with Crippen LogP contribution >= 0.6 is 11.8 Å². The molecule has 0 aliphatic heterocycles. The lowest BCUT2D eigenvalue weighted by molar-refractivity contribution is -0.118. The third kappa shape index (κ3) is 5.67. The summed E-state index contributed by atoms with van der Waals surface area (Å²) in [6.45, 7) is 0. The topological polar surface area (TPSA) is 99.9 Å². The molecule has 0 radical (unpaired) electrons. The van der Waals surface area contributed by atoms with Crippen molar-refractivity contribution in [3.8, 4) is 34.3 Å². The second-order valence-corrected chi connectivity index (χ2v) is 10.6. The number of aromatic nitrogens is 3. The summed E-state index contributed by atoms with van der Waals surface area (Å²) in [6.07, 6.45) is 1.71. The second kappa shape index (κ2) is 12.9. The molecule has 1 aromatic heterocycles. The minimum Gasteiger partial charge on any atom is -0.493 e. The van der Waals surface area contributed by atoms with Crippen molar-refractivity contribution in [2.24, 2.45) is 5.10 Å². The third-order valence-corrected chi connectivity index (χ3v) is 8.03. The number of para-hydroxylation sites is 1. The van der Waals surface area contributed by atoms with Crippen LogP contribution in [0.1, 0.15) is 5.56 Å². The van der Waals surface area contributed by atoms with Gasteiger partial charge in [-0.1, -0.05) is 78.5 Å². The van der Waals surface area contributed by atoms with Crippen LogP contribution in [0.5, 0.6) is 17.2 Å². The molecule has 0 saturated heterocycles. The first-order valence-electron chi connectivity index (χ1n) is 13.8. The van der Waals surface area contributed by atoms with Gasteiger partial charge in [0.05, 0.1) is 33.3 Å². The Morgan fingerprint density at radius 1 is 0.818 bits per heavy atom. The number of fused-ring (bicyclic) bond motifs is 2. The lowest BCUT2D eigenvalue weighted by Gasteiger charge is -2.15. The summed E-state index contributed by atoms with van der Waals surface area (Å²) in [5.41, 5.74) is 5.17. The number of nitrogens with one attached hydrogen (secondary N) is 1. The van der Waals surface area contributed by atoms with E-state index in [2.05, 4.69) is 51.1 Å². The highest BCUT2D eigenvalue weighted by Gasteiger charge is 2.21. The van der Waals surface area contributed by atoms with E-state index in [0.717, 1.165) is 32.8 Å². The summed E-state index contributed by atoms with van der Waals surface area (Å²) < 4.78 is 18.5. The van der Waals surface area contributed by atoms with E-state index in [0.29, 0.717) is 33.8 Å². The number of hydrazone groups is 1. The molecule has 0 fully saturated rings. The fourth-order valence-electron chi connectivity index (χ4n) is 5.09. The maximum atomic E-state index is 12.9. The molecule has 0 unspecified atom stereocenters. The Labute approximate surface area is 258 Å². The Hall–Kier alpha value is -5.35. The summed E-state index contributed by atoms with van der Waals surface area (Å²) >= 11 is 1.26. The Balaban J connectivity index is 1.26. The lowest BCUT2D eigenvalue weighted by Crippen LogP contribution is -2.20. The van der Waals surface area contributed by atoms with Crippen molar-refractivity contribution >= 4 is 45.4 Å². The van der Waals surface area contributed by atoms with Crippen molar-refractivity contribution < 1.29 is 19.0 Å². The molecular formula is C34H29N5O4S. The van der Waals surface area contributed by atoms with Gasteiger partial charge in [0.2, 0.25) is 5.75 Å². The zero-order valence-electron chi connectivity index (χ0n) is 24.4. The van der Waals surface area contributed by atoms with E-state index in [1.165, 1.54) is 11.8 Å². The molecule has 0 bridgehead atoms. The van der Waals surface area contributed by atoms with Crippen LogP contribution < -0.4 is 19.6 Å². The standard InChI is InChI=1S/C34H29N5O4S/c1-41-29-18-24(19-30(42-2)32(29)43-3)33-37-38-34(39(33)25-13-5-4-6-14-25)44-21-31(40)36-35-20-28-26-15-9-7-11-22(26)17-23-12-8-10-16-27(23)28/h4-20H,21H2,1-3H3,(H,36,40)/b35-20-. The molecule has 0 aliphatic rings. The molecule has 10 heteroatoms. The molecule has 1 heterocycles. The number of thioether (sulfide) groups is 1. The highest BCUT2D eigenvalue weighted by atomic mass is 32.2. The van der Waals surface area contributed by atoms with Gasteiger partial charge >= 0.3 is 0 Å². The summed E-state index contributed by atoms with van der Waals surface area (Å²) in [4.78, 5) is 12.9. The maximum Gasteiger partial charge on any atom is 0.250 e. The first-order chi connectivity index (χ1) is 21.6.